The fourth-order valence-electron chi connectivity index (χ4n) is 6.97. The number of rotatable bonds is 3. The van der Waals surface area contributed by atoms with Crippen molar-refractivity contribution in [2.45, 2.75) is 44.4 Å². The second kappa shape index (κ2) is 5.65. The van der Waals surface area contributed by atoms with Crippen molar-refractivity contribution in [3.63, 3.8) is 0 Å². The molecule has 2 atom stereocenters. The zero-order valence-corrected chi connectivity index (χ0v) is 16.5. The Morgan fingerprint density at radius 1 is 1.07 bits per heavy atom. The van der Waals surface area contributed by atoms with E-state index in [-0.39, 0.29) is 11.2 Å². The van der Waals surface area contributed by atoms with Crippen molar-refractivity contribution in [1.29, 1.82) is 10.5 Å². The molecule has 6 rings (SSSR count). The van der Waals surface area contributed by atoms with Gasteiger partial charge in [0.25, 0.3) is 0 Å². The van der Waals surface area contributed by atoms with Gasteiger partial charge in [0, 0.05) is 15.8 Å². The van der Waals surface area contributed by atoms with Gasteiger partial charge in [-0.05, 0) is 74.0 Å². The van der Waals surface area contributed by atoms with Gasteiger partial charge in [-0.15, -0.1) is 0 Å². The number of carbonyl (C=O) groups is 1. The number of hydrogen-bond donors (Lipinski definition) is 0. The highest BCUT2D eigenvalue weighted by Crippen LogP contribution is 2.70. The van der Waals surface area contributed by atoms with E-state index < -0.39 is 23.1 Å². The van der Waals surface area contributed by atoms with Crippen molar-refractivity contribution in [2.75, 3.05) is 0 Å². The predicted molar refractivity (Wildman–Crippen MR) is 99.6 cm³/mol. The molecule has 27 heavy (non-hydrogen) atoms. The predicted octanol–water partition coefficient (Wildman–Crippen LogP) is 5.12. The summed E-state index contributed by atoms with van der Waals surface area (Å²) in [5.41, 5.74) is -1.47. The van der Waals surface area contributed by atoms with E-state index in [1.165, 1.54) is 25.3 Å². The van der Waals surface area contributed by atoms with Crippen LogP contribution in [0.4, 0.5) is 4.39 Å². The molecule has 5 heteroatoms. The van der Waals surface area contributed by atoms with E-state index in [1.807, 2.05) is 0 Å². The van der Waals surface area contributed by atoms with Gasteiger partial charge >= 0.3 is 0 Å². The lowest BCUT2D eigenvalue weighted by Crippen LogP contribution is -2.50. The molecule has 0 amide bonds. The maximum absolute atomic E-state index is 14.6. The van der Waals surface area contributed by atoms with Crippen LogP contribution in [0, 0.1) is 63.0 Å². The Bertz CT molecular complexity index is 878. The van der Waals surface area contributed by atoms with E-state index in [1.54, 1.807) is 12.1 Å². The van der Waals surface area contributed by atoms with Gasteiger partial charge in [-0.1, -0.05) is 22.0 Å². The summed E-state index contributed by atoms with van der Waals surface area (Å²) in [6, 6.07) is 8.86. The molecule has 0 saturated heterocycles. The highest BCUT2D eigenvalue weighted by atomic mass is 79.9. The number of Topliss-reactive ketones (excluding diaryl/α,β-unsaturated/α-hetero) is 1. The number of ketones is 1. The van der Waals surface area contributed by atoms with Crippen molar-refractivity contribution >= 4 is 21.7 Å². The molecule has 5 aliphatic rings. The second-order valence-electron chi connectivity index (χ2n) is 9.28. The topological polar surface area (TPSA) is 64.7 Å². The first-order chi connectivity index (χ1) is 12.9. The molecule has 1 aromatic carbocycles. The summed E-state index contributed by atoms with van der Waals surface area (Å²) in [6.45, 7) is 0. The molecule has 0 radical (unpaired) electrons. The lowest BCUT2D eigenvalue weighted by molar-refractivity contribution is -0.145. The Hall–Kier alpha value is -1.72. The van der Waals surface area contributed by atoms with Crippen LogP contribution in [0.25, 0.3) is 0 Å². The molecule has 5 fully saturated rings. The van der Waals surface area contributed by atoms with Crippen LogP contribution in [0.5, 0.6) is 0 Å². The molecular weight excluding hydrogens is 407 g/mol. The maximum Gasteiger partial charge on any atom is 0.161 e. The second-order valence-corrected chi connectivity index (χ2v) is 10.2. The van der Waals surface area contributed by atoms with Crippen LogP contribution in [-0.4, -0.2) is 5.78 Å². The summed E-state index contributed by atoms with van der Waals surface area (Å²) in [4.78, 5) is 13.7. The van der Waals surface area contributed by atoms with Crippen LogP contribution >= 0.6 is 15.9 Å². The molecule has 3 nitrogen and oxygen atoms in total. The third-order valence-electron chi connectivity index (χ3n) is 7.72. The largest absolute Gasteiger partial charge is 0.299 e. The molecule has 5 aliphatic carbocycles. The normalized spacial score (nSPS) is 40.2. The van der Waals surface area contributed by atoms with Crippen molar-refractivity contribution in [1.82, 2.24) is 0 Å². The van der Waals surface area contributed by atoms with Gasteiger partial charge in [-0.3, -0.25) is 4.79 Å². The molecule has 0 heterocycles. The fourth-order valence-corrected chi connectivity index (χ4v) is 7.30. The van der Waals surface area contributed by atoms with E-state index in [4.69, 9.17) is 0 Å². The molecule has 0 aromatic heterocycles. The summed E-state index contributed by atoms with van der Waals surface area (Å²) >= 11 is 3.24. The van der Waals surface area contributed by atoms with Crippen LogP contribution in [0.1, 0.15) is 50.0 Å². The molecule has 4 bridgehead atoms. The third kappa shape index (κ3) is 2.31. The van der Waals surface area contributed by atoms with E-state index in [9.17, 15) is 19.7 Å². The Kier molecular flexibility index (Phi) is 3.63. The van der Waals surface area contributed by atoms with E-state index in [0.717, 1.165) is 19.3 Å². The third-order valence-corrected chi connectivity index (χ3v) is 8.21. The van der Waals surface area contributed by atoms with Gasteiger partial charge < -0.3 is 0 Å². The Labute approximate surface area is 166 Å². The summed E-state index contributed by atoms with van der Waals surface area (Å²) in [5.74, 6) is 0.101. The Morgan fingerprint density at radius 2 is 1.63 bits per heavy atom. The molecule has 0 aliphatic heterocycles. The average Bonchev–Trinajstić information content (AvgIpc) is 3.28. The van der Waals surface area contributed by atoms with Gasteiger partial charge in [-0.2, -0.15) is 10.5 Å². The molecule has 5 saturated carbocycles. The summed E-state index contributed by atoms with van der Waals surface area (Å²) < 4.78 is 15.2. The maximum atomic E-state index is 14.6. The summed E-state index contributed by atoms with van der Waals surface area (Å²) in [6.07, 6.45) is 6.38. The smallest absolute Gasteiger partial charge is 0.161 e. The lowest BCUT2D eigenvalue weighted by Gasteiger charge is -2.56. The summed E-state index contributed by atoms with van der Waals surface area (Å²) in [5, 5.41) is 19.6. The minimum absolute atomic E-state index is 0.0667. The first-order valence-corrected chi connectivity index (χ1v) is 10.5. The van der Waals surface area contributed by atoms with Gasteiger partial charge in [0.05, 0.1) is 18.1 Å². The number of benzene rings is 1. The minimum atomic E-state index is -1.42. The Balaban J connectivity index is 1.53. The van der Waals surface area contributed by atoms with Crippen LogP contribution < -0.4 is 0 Å². The average molecular weight is 427 g/mol. The van der Waals surface area contributed by atoms with Crippen molar-refractivity contribution in [3.8, 4) is 12.1 Å². The SMILES string of the molecule is N#CC1(C#N)[C@@H](C(=O)C23CC4CC(CC(C4)C2)C3)[C@@H]1c1ccc(Br)cc1F. The van der Waals surface area contributed by atoms with Gasteiger partial charge in [-0.25, -0.2) is 4.39 Å². The van der Waals surface area contributed by atoms with Crippen molar-refractivity contribution < 1.29 is 9.18 Å². The highest BCUT2D eigenvalue weighted by molar-refractivity contribution is 9.10. The molecule has 0 N–H and O–H groups in total. The fraction of sp³-hybridized carbons (Fsp3) is 0.591. The van der Waals surface area contributed by atoms with Crippen LogP contribution in [0.2, 0.25) is 0 Å². The molecular formula is C22H20BrFN2O. The molecule has 0 spiro atoms. The minimum Gasteiger partial charge on any atom is -0.299 e. The van der Waals surface area contributed by atoms with Gasteiger partial charge in [0.1, 0.15) is 11.6 Å². The highest BCUT2D eigenvalue weighted by Gasteiger charge is 2.74. The number of halogens is 2. The van der Waals surface area contributed by atoms with Crippen molar-refractivity contribution in [3.05, 3.63) is 34.1 Å². The quantitative estimate of drug-likeness (QED) is 0.673. The monoisotopic (exact) mass is 426 g/mol. The lowest BCUT2D eigenvalue weighted by atomic mass is 9.48. The Morgan fingerprint density at radius 3 is 2.11 bits per heavy atom. The summed E-state index contributed by atoms with van der Waals surface area (Å²) in [7, 11) is 0. The van der Waals surface area contributed by atoms with Crippen LogP contribution in [-0.2, 0) is 4.79 Å². The van der Waals surface area contributed by atoms with Crippen molar-refractivity contribution in [2.24, 2.45) is 34.5 Å². The van der Waals surface area contributed by atoms with Gasteiger partial charge in [0.2, 0.25) is 0 Å². The first-order valence-electron chi connectivity index (χ1n) is 9.74. The first kappa shape index (κ1) is 17.4. The standard InChI is InChI=1S/C22H20BrFN2O/c23-15-1-2-16(17(24)6-15)18-19(22(18,10-25)11-26)20(27)21-7-12-3-13(8-21)5-14(4-12)9-21/h1-2,6,12-14,18-19H,3-5,7-9H2/t12?,13?,14?,18-,19+,21?/m0/s1. The molecule has 138 valence electrons. The number of nitriles is 2. The molecule has 1 aromatic rings. The van der Waals surface area contributed by atoms with Crippen LogP contribution in [0.3, 0.4) is 0 Å². The number of nitrogens with zero attached hydrogens (tertiary/aromatic N) is 2. The van der Waals surface area contributed by atoms with Crippen LogP contribution in [0.15, 0.2) is 22.7 Å². The van der Waals surface area contributed by atoms with E-state index in [0.29, 0.717) is 27.8 Å². The zero-order chi connectivity index (χ0) is 19.0. The number of hydrogen-bond acceptors (Lipinski definition) is 3. The van der Waals surface area contributed by atoms with E-state index in [2.05, 4.69) is 28.1 Å². The van der Waals surface area contributed by atoms with E-state index >= 15 is 0 Å². The molecule has 0 unspecified atom stereocenters. The van der Waals surface area contributed by atoms with Gasteiger partial charge in [0.15, 0.2) is 5.41 Å². The number of carbonyl (C=O) groups excluding carboxylic acids is 1. The zero-order valence-electron chi connectivity index (χ0n) is 14.9.